The van der Waals surface area contributed by atoms with Crippen molar-refractivity contribution in [3.05, 3.63) is 54.5 Å². The Bertz CT molecular complexity index is 1010. The van der Waals surface area contributed by atoms with Gasteiger partial charge in [0.2, 0.25) is 15.9 Å². The normalized spacial score (nSPS) is 15.2. The van der Waals surface area contributed by atoms with Crippen LogP contribution in [0, 0.1) is 5.92 Å². The van der Waals surface area contributed by atoms with Gasteiger partial charge in [0.15, 0.2) is 0 Å². The number of hydrogen-bond donors (Lipinski definition) is 2. The van der Waals surface area contributed by atoms with Crippen LogP contribution in [0.4, 0.5) is 10.5 Å². The van der Waals surface area contributed by atoms with Crippen molar-refractivity contribution in [3.8, 4) is 0 Å². The SMILES string of the molecule is COC(=O)Nc1ccc(S(=O)(=O)NCC2CCN(C(=O)C=Cc3ccco3)CC2)cc1. The van der Waals surface area contributed by atoms with Gasteiger partial charge in [0, 0.05) is 31.4 Å². The molecule has 31 heavy (non-hydrogen) atoms. The Morgan fingerprint density at radius 3 is 2.52 bits per heavy atom. The van der Waals surface area contributed by atoms with Gasteiger partial charge in [-0.05, 0) is 61.2 Å². The van der Waals surface area contributed by atoms with Crippen LogP contribution in [0.2, 0.25) is 0 Å². The molecule has 0 saturated carbocycles. The third-order valence-corrected chi connectivity index (χ3v) is 6.46. The molecule has 1 aliphatic heterocycles. The largest absolute Gasteiger partial charge is 0.465 e. The van der Waals surface area contributed by atoms with Crippen molar-refractivity contribution < 1.29 is 27.2 Å². The predicted molar refractivity (Wildman–Crippen MR) is 115 cm³/mol. The molecule has 0 aliphatic carbocycles. The first-order valence-electron chi connectivity index (χ1n) is 9.82. The molecule has 3 rings (SSSR count). The number of benzene rings is 1. The van der Waals surface area contributed by atoms with E-state index in [9.17, 15) is 18.0 Å². The van der Waals surface area contributed by atoms with Crippen molar-refractivity contribution in [2.24, 2.45) is 5.92 Å². The number of ether oxygens (including phenoxy) is 1. The zero-order chi connectivity index (χ0) is 22.3. The molecule has 0 atom stereocenters. The summed E-state index contributed by atoms with van der Waals surface area (Å²) in [4.78, 5) is 25.3. The van der Waals surface area contributed by atoms with Crippen LogP contribution in [0.25, 0.3) is 6.08 Å². The lowest BCUT2D eigenvalue weighted by molar-refractivity contribution is -0.127. The van der Waals surface area contributed by atoms with E-state index >= 15 is 0 Å². The summed E-state index contributed by atoms with van der Waals surface area (Å²) in [5.41, 5.74) is 0.434. The number of carbonyl (C=O) groups is 2. The molecule has 10 heteroatoms. The number of nitrogens with one attached hydrogen (secondary N) is 2. The summed E-state index contributed by atoms with van der Waals surface area (Å²) >= 11 is 0. The van der Waals surface area contributed by atoms with Crippen molar-refractivity contribution in [1.29, 1.82) is 0 Å². The number of methoxy groups -OCH3 is 1. The molecule has 1 fully saturated rings. The first-order valence-corrected chi connectivity index (χ1v) is 11.3. The molecule has 1 aromatic carbocycles. The fourth-order valence-corrected chi connectivity index (χ4v) is 4.32. The number of rotatable bonds is 7. The van der Waals surface area contributed by atoms with E-state index in [-0.39, 0.29) is 16.7 Å². The lowest BCUT2D eigenvalue weighted by Gasteiger charge is -2.31. The molecule has 1 saturated heterocycles. The lowest BCUT2D eigenvalue weighted by Crippen LogP contribution is -2.40. The van der Waals surface area contributed by atoms with Crippen molar-refractivity contribution in [2.45, 2.75) is 17.7 Å². The summed E-state index contributed by atoms with van der Waals surface area (Å²) in [5, 5.41) is 2.47. The molecule has 1 aromatic heterocycles. The Hall–Kier alpha value is -3.11. The average Bonchev–Trinajstić information content (AvgIpc) is 3.30. The summed E-state index contributed by atoms with van der Waals surface area (Å²) in [6.07, 6.45) is 5.46. The number of furan rings is 1. The Morgan fingerprint density at radius 2 is 1.90 bits per heavy atom. The summed E-state index contributed by atoms with van der Waals surface area (Å²) in [6.45, 7) is 1.44. The fraction of sp³-hybridized carbons (Fsp3) is 0.333. The maximum atomic E-state index is 12.5. The molecule has 2 amide bonds. The first kappa shape index (κ1) is 22.6. The molecule has 1 aliphatic rings. The molecule has 2 N–H and O–H groups in total. The molecular formula is C21H25N3O6S. The lowest BCUT2D eigenvalue weighted by atomic mass is 9.97. The zero-order valence-electron chi connectivity index (χ0n) is 17.1. The number of amides is 2. The standard InChI is InChI=1S/C21H25N3O6S/c1-29-21(26)23-17-4-7-19(8-5-17)31(27,28)22-15-16-10-12-24(13-11-16)20(25)9-6-18-3-2-14-30-18/h2-9,14,16,22H,10-13,15H2,1H3,(H,23,26). The van der Waals surface area contributed by atoms with Crippen LogP contribution in [0.15, 0.2) is 58.1 Å². The highest BCUT2D eigenvalue weighted by Crippen LogP contribution is 2.19. The molecular weight excluding hydrogens is 422 g/mol. The van der Waals surface area contributed by atoms with E-state index in [1.807, 2.05) is 0 Å². The van der Waals surface area contributed by atoms with Gasteiger partial charge in [-0.15, -0.1) is 0 Å². The fourth-order valence-electron chi connectivity index (χ4n) is 3.20. The first-order chi connectivity index (χ1) is 14.9. The van der Waals surface area contributed by atoms with Crippen molar-refractivity contribution >= 4 is 33.8 Å². The molecule has 0 radical (unpaired) electrons. The maximum Gasteiger partial charge on any atom is 0.411 e. The number of piperidine rings is 1. The van der Waals surface area contributed by atoms with E-state index in [1.165, 1.54) is 37.5 Å². The molecule has 0 bridgehead atoms. The smallest absolute Gasteiger partial charge is 0.411 e. The molecule has 2 aromatic rings. The Morgan fingerprint density at radius 1 is 1.19 bits per heavy atom. The van der Waals surface area contributed by atoms with E-state index < -0.39 is 16.1 Å². The van der Waals surface area contributed by atoms with E-state index in [2.05, 4.69) is 14.8 Å². The Balaban J connectivity index is 1.46. The van der Waals surface area contributed by atoms with Gasteiger partial charge in [-0.2, -0.15) is 0 Å². The summed E-state index contributed by atoms with van der Waals surface area (Å²) in [7, 11) is -2.42. The summed E-state index contributed by atoms with van der Waals surface area (Å²) < 4.78 is 37.4. The molecule has 0 unspecified atom stereocenters. The second kappa shape index (κ2) is 10.3. The van der Waals surface area contributed by atoms with Crippen LogP contribution >= 0.6 is 0 Å². The topological polar surface area (TPSA) is 118 Å². The van der Waals surface area contributed by atoms with Crippen molar-refractivity contribution in [2.75, 3.05) is 32.1 Å². The third kappa shape index (κ3) is 6.43. The van der Waals surface area contributed by atoms with E-state index in [0.29, 0.717) is 43.9 Å². The summed E-state index contributed by atoms with van der Waals surface area (Å²) in [6, 6.07) is 9.34. The van der Waals surface area contributed by atoms with Gasteiger partial charge in [0.25, 0.3) is 0 Å². The zero-order valence-corrected chi connectivity index (χ0v) is 17.9. The number of likely N-dealkylation sites (tertiary alicyclic amines) is 1. The molecule has 2 heterocycles. The van der Waals surface area contributed by atoms with Gasteiger partial charge < -0.3 is 14.1 Å². The van der Waals surface area contributed by atoms with Gasteiger partial charge in [-0.25, -0.2) is 17.9 Å². The highest BCUT2D eigenvalue weighted by atomic mass is 32.2. The average molecular weight is 448 g/mol. The maximum absolute atomic E-state index is 12.5. The van der Waals surface area contributed by atoms with Crippen molar-refractivity contribution in [3.63, 3.8) is 0 Å². The van der Waals surface area contributed by atoms with E-state index in [0.717, 1.165) is 0 Å². The Labute approximate surface area is 181 Å². The van der Waals surface area contributed by atoms with Gasteiger partial charge in [-0.3, -0.25) is 10.1 Å². The Kier molecular flexibility index (Phi) is 7.48. The van der Waals surface area contributed by atoms with Crippen LogP contribution in [0.3, 0.4) is 0 Å². The molecule has 166 valence electrons. The number of anilines is 1. The number of nitrogens with zero attached hydrogens (tertiary/aromatic N) is 1. The quantitative estimate of drug-likeness (QED) is 0.630. The van der Waals surface area contributed by atoms with Crippen LogP contribution in [0.5, 0.6) is 0 Å². The highest BCUT2D eigenvalue weighted by molar-refractivity contribution is 7.89. The van der Waals surface area contributed by atoms with Gasteiger partial charge in [0.05, 0.1) is 18.3 Å². The number of carbonyl (C=O) groups excluding carboxylic acids is 2. The number of sulfonamides is 1. The van der Waals surface area contributed by atoms with Gasteiger partial charge in [-0.1, -0.05) is 0 Å². The van der Waals surface area contributed by atoms with E-state index in [4.69, 9.17) is 4.42 Å². The van der Waals surface area contributed by atoms with Crippen LogP contribution in [-0.2, 0) is 19.6 Å². The van der Waals surface area contributed by atoms with E-state index in [1.54, 1.807) is 29.4 Å². The van der Waals surface area contributed by atoms with Crippen LogP contribution in [-0.4, -0.2) is 52.1 Å². The second-order valence-electron chi connectivity index (χ2n) is 7.11. The molecule has 9 nitrogen and oxygen atoms in total. The summed E-state index contributed by atoms with van der Waals surface area (Å²) in [5.74, 6) is 0.677. The predicted octanol–water partition coefficient (Wildman–Crippen LogP) is 2.69. The van der Waals surface area contributed by atoms with Gasteiger partial charge in [0.1, 0.15) is 5.76 Å². The van der Waals surface area contributed by atoms with Crippen LogP contribution in [0.1, 0.15) is 18.6 Å². The monoisotopic (exact) mass is 447 g/mol. The minimum absolute atomic E-state index is 0.0870. The second-order valence-corrected chi connectivity index (χ2v) is 8.88. The number of hydrogen-bond acceptors (Lipinski definition) is 6. The third-order valence-electron chi connectivity index (χ3n) is 5.02. The minimum Gasteiger partial charge on any atom is -0.465 e. The minimum atomic E-state index is -3.67. The van der Waals surface area contributed by atoms with Crippen molar-refractivity contribution in [1.82, 2.24) is 9.62 Å². The highest BCUT2D eigenvalue weighted by Gasteiger charge is 2.23. The van der Waals surface area contributed by atoms with Crippen LogP contribution < -0.4 is 10.0 Å². The van der Waals surface area contributed by atoms with Gasteiger partial charge >= 0.3 is 6.09 Å². The molecule has 0 spiro atoms.